The Labute approximate surface area is 130 Å². The molecule has 3 nitrogen and oxygen atoms in total. The number of rotatable bonds is 3. The van der Waals surface area contributed by atoms with E-state index in [4.69, 9.17) is 11.6 Å². The first-order chi connectivity index (χ1) is 9.97. The van der Waals surface area contributed by atoms with E-state index >= 15 is 0 Å². The minimum Gasteiger partial charge on any atom is -0.240 e. The first kappa shape index (κ1) is 14.3. The highest BCUT2D eigenvalue weighted by Crippen LogP contribution is 2.31. The Morgan fingerprint density at radius 2 is 1.67 bits per heavy atom. The summed E-state index contributed by atoms with van der Waals surface area (Å²) < 4.78 is 2.07. The number of hydrogen-bond acceptors (Lipinski definition) is 2. The van der Waals surface area contributed by atoms with Gasteiger partial charge in [-0.25, -0.2) is 4.68 Å². The van der Waals surface area contributed by atoms with Gasteiger partial charge in [-0.3, -0.25) is 0 Å². The Morgan fingerprint density at radius 3 is 2.33 bits per heavy atom. The zero-order valence-corrected chi connectivity index (χ0v) is 14.2. The molecule has 0 aliphatic heterocycles. The van der Waals surface area contributed by atoms with Crippen LogP contribution < -0.4 is 0 Å². The van der Waals surface area contributed by atoms with Gasteiger partial charge in [-0.15, -0.1) is 5.10 Å². The third kappa shape index (κ3) is 2.73. The third-order valence-electron chi connectivity index (χ3n) is 3.63. The molecule has 0 fully saturated rings. The van der Waals surface area contributed by atoms with Crippen molar-refractivity contribution in [2.45, 2.75) is 25.3 Å². The van der Waals surface area contributed by atoms with Gasteiger partial charge >= 0.3 is 0 Å². The summed E-state index contributed by atoms with van der Waals surface area (Å²) in [7, 11) is -1.55. The zero-order chi connectivity index (χ0) is 15.0. The van der Waals surface area contributed by atoms with Crippen LogP contribution in [0.15, 0.2) is 48.5 Å². The largest absolute Gasteiger partial charge is 0.240 e. The molecule has 1 aromatic heterocycles. The van der Waals surface area contributed by atoms with E-state index in [9.17, 15) is 0 Å². The topological polar surface area (TPSA) is 30.7 Å². The van der Waals surface area contributed by atoms with Crippen molar-refractivity contribution in [3.63, 3.8) is 0 Å². The van der Waals surface area contributed by atoms with Crippen molar-refractivity contribution in [2.75, 3.05) is 0 Å². The zero-order valence-electron chi connectivity index (χ0n) is 12.4. The maximum Gasteiger partial charge on any atom is 0.113 e. The highest BCUT2D eigenvalue weighted by molar-refractivity contribution is 6.77. The van der Waals surface area contributed by atoms with Crippen LogP contribution in [-0.2, 0) is 0 Å². The molecule has 3 rings (SSSR count). The quantitative estimate of drug-likeness (QED) is 0.664. The van der Waals surface area contributed by atoms with Gasteiger partial charge in [0.2, 0.25) is 0 Å². The van der Waals surface area contributed by atoms with E-state index in [1.807, 2.05) is 30.3 Å². The van der Waals surface area contributed by atoms with Gasteiger partial charge in [0.15, 0.2) is 0 Å². The summed E-state index contributed by atoms with van der Waals surface area (Å²) >= 11 is 6.03. The van der Waals surface area contributed by atoms with Crippen LogP contribution in [0.2, 0.25) is 24.7 Å². The number of fused-ring (bicyclic) bond motifs is 1. The van der Waals surface area contributed by atoms with Crippen molar-refractivity contribution in [3.8, 4) is 0 Å². The molecule has 3 aromatic rings. The SMILES string of the molecule is C[Si](C)(C)C(c1ccc(Cl)cc1)n1nnc2ccccc21. The summed E-state index contributed by atoms with van der Waals surface area (Å²) in [5.41, 5.74) is 3.51. The Hall–Kier alpha value is -1.65. The van der Waals surface area contributed by atoms with Crippen molar-refractivity contribution < 1.29 is 0 Å². The molecule has 0 saturated carbocycles. The lowest BCUT2D eigenvalue weighted by atomic mass is 10.2. The second kappa shape index (κ2) is 5.28. The van der Waals surface area contributed by atoms with Gasteiger partial charge < -0.3 is 0 Å². The molecule has 0 bridgehead atoms. The van der Waals surface area contributed by atoms with Crippen LogP contribution in [0.5, 0.6) is 0 Å². The molecule has 1 atom stereocenters. The normalized spacial score (nSPS) is 13.5. The van der Waals surface area contributed by atoms with E-state index < -0.39 is 8.07 Å². The van der Waals surface area contributed by atoms with Crippen molar-refractivity contribution in [3.05, 3.63) is 59.1 Å². The second-order valence-electron chi connectivity index (χ2n) is 6.34. The minimum atomic E-state index is -1.55. The Balaban J connectivity index is 2.19. The average molecular weight is 316 g/mol. The predicted octanol–water partition coefficient (Wildman–Crippen LogP) is 4.55. The number of para-hydroxylation sites is 1. The van der Waals surface area contributed by atoms with E-state index in [-0.39, 0.29) is 5.67 Å². The monoisotopic (exact) mass is 315 g/mol. The van der Waals surface area contributed by atoms with Crippen molar-refractivity contribution >= 4 is 30.7 Å². The second-order valence-corrected chi connectivity index (χ2v) is 12.1. The van der Waals surface area contributed by atoms with Crippen LogP contribution in [0, 0.1) is 0 Å². The standard InChI is InChI=1S/C16H18ClN3Si/c1-21(2,3)16(12-8-10-13(17)11-9-12)20-15-7-5-4-6-14(15)18-19-20/h4-11,16H,1-3H3. The predicted molar refractivity (Wildman–Crippen MR) is 90.5 cm³/mol. The molecule has 5 heteroatoms. The summed E-state index contributed by atoms with van der Waals surface area (Å²) in [5, 5.41) is 9.50. The molecule has 0 amide bonds. The summed E-state index contributed by atoms with van der Waals surface area (Å²) in [6, 6.07) is 16.2. The Kier molecular flexibility index (Phi) is 3.59. The van der Waals surface area contributed by atoms with Gasteiger partial charge in [-0.05, 0) is 29.8 Å². The fraction of sp³-hybridized carbons (Fsp3) is 0.250. The number of benzene rings is 2. The number of hydrogen-bond donors (Lipinski definition) is 0. The van der Waals surface area contributed by atoms with E-state index in [1.165, 1.54) is 5.56 Å². The molecule has 2 aromatic carbocycles. The summed E-state index contributed by atoms with van der Waals surface area (Å²) in [6.45, 7) is 7.05. The number of nitrogens with zero attached hydrogens (tertiary/aromatic N) is 3. The molecule has 0 aliphatic rings. The van der Waals surface area contributed by atoms with Crippen molar-refractivity contribution in [1.29, 1.82) is 0 Å². The van der Waals surface area contributed by atoms with Crippen LogP contribution in [-0.4, -0.2) is 23.1 Å². The van der Waals surface area contributed by atoms with Gasteiger partial charge in [0.25, 0.3) is 0 Å². The molecular formula is C16H18ClN3Si. The van der Waals surface area contributed by atoms with Gasteiger partial charge in [0.05, 0.1) is 19.3 Å². The van der Waals surface area contributed by atoms with Crippen LogP contribution in [0.1, 0.15) is 11.2 Å². The van der Waals surface area contributed by atoms with Crippen LogP contribution in [0.4, 0.5) is 0 Å². The van der Waals surface area contributed by atoms with Gasteiger partial charge in [0, 0.05) is 5.02 Å². The van der Waals surface area contributed by atoms with Crippen molar-refractivity contribution in [1.82, 2.24) is 15.0 Å². The van der Waals surface area contributed by atoms with E-state index in [2.05, 4.69) is 52.8 Å². The maximum atomic E-state index is 6.03. The first-order valence-corrected chi connectivity index (χ1v) is 11.0. The molecule has 108 valence electrons. The third-order valence-corrected chi connectivity index (χ3v) is 6.10. The van der Waals surface area contributed by atoms with E-state index in [0.717, 1.165) is 16.1 Å². The number of aromatic nitrogens is 3. The lowest BCUT2D eigenvalue weighted by Gasteiger charge is -2.29. The Morgan fingerprint density at radius 1 is 1.00 bits per heavy atom. The average Bonchev–Trinajstić information content (AvgIpc) is 2.84. The van der Waals surface area contributed by atoms with Crippen LogP contribution in [0.25, 0.3) is 11.0 Å². The molecular weight excluding hydrogens is 298 g/mol. The van der Waals surface area contributed by atoms with E-state index in [0.29, 0.717) is 0 Å². The molecule has 1 heterocycles. The smallest absolute Gasteiger partial charge is 0.113 e. The fourth-order valence-electron chi connectivity index (χ4n) is 2.73. The van der Waals surface area contributed by atoms with Crippen molar-refractivity contribution in [2.24, 2.45) is 0 Å². The Bertz CT molecular complexity index is 759. The summed E-state index contributed by atoms with van der Waals surface area (Å²) in [5.74, 6) is 0. The molecule has 0 aliphatic carbocycles. The number of halogens is 1. The van der Waals surface area contributed by atoms with Gasteiger partial charge in [-0.1, -0.05) is 60.7 Å². The highest BCUT2D eigenvalue weighted by atomic mass is 35.5. The molecule has 0 radical (unpaired) electrons. The fourth-order valence-corrected chi connectivity index (χ4v) is 4.97. The lowest BCUT2D eigenvalue weighted by molar-refractivity contribution is 0.629. The van der Waals surface area contributed by atoms with E-state index in [1.54, 1.807) is 0 Å². The summed E-state index contributed by atoms with van der Waals surface area (Å²) in [4.78, 5) is 0. The molecule has 21 heavy (non-hydrogen) atoms. The maximum absolute atomic E-state index is 6.03. The molecule has 0 spiro atoms. The molecule has 0 saturated heterocycles. The van der Waals surface area contributed by atoms with Crippen LogP contribution in [0.3, 0.4) is 0 Å². The minimum absolute atomic E-state index is 0.238. The highest BCUT2D eigenvalue weighted by Gasteiger charge is 2.31. The first-order valence-electron chi connectivity index (χ1n) is 7.02. The summed E-state index contributed by atoms with van der Waals surface area (Å²) in [6.07, 6.45) is 0. The van der Waals surface area contributed by atoms with Crippen LogP contribution >= 0.6 is 11.6 Å². The van der Waals surface area contributed by atoms with Gasteiger partial charge in [-0.2, -0.15) is 0 Å². The van der Waals surface area contributed by atoms with Gasteiger partial charge in [0.1, 0.15) is 5.52 Å². The molecule has 1 unspecified atom stereocenters. The molecule has 0 N–H and O–H groups in total. The lowest BCUT2D eigenvalue weighted by Crippen LogP contribution is -2.36.